The third kappa shape index (κ3) is 2.65. The maximum absolute atomic E-state index is 11.6. The standard InChI is InChI=1S/C8H12BrNO2S/c1-2-10-13(11,12)8-6-4-3-5-7(8)9/h3-8,10H,2H2,1H3. The molecule has 0 aromatic carbocycles. The summed E-state index contributed by atoms with van der Waals surface area (Å²) in [5.74, 6) is 0. The van der Waals surface area contributed by atoms with Crippen molar-refractivity contribution in [1.29, 1.82) is 0 Å². The van der Waals surface area contributed by atoms with Crippen molar-refractivity contribution >= 4 is 26.0 Å². The molecule has 1 rings (SSSR count). The smallest absolute Gasteiger partial charge is 0.215 e. The lowest BCUT2D eigenvalue weighted by atomic mass is 10.2. The van der Waals surface area contributed by atoms with Crippen LogP contribution in [-0.2, 0) is 10.0 Å². The Morgan fingerprint density at radius 1 is 1.38 bits per heavy atom. The van der Waals surface area contributed by atoms with E-state index in [-0.39, 0.29) is 4.83 Å². The highest BCUT2D eigenvalue weighted by Crippen LogP contribution is 2.19. The van der Waals surface area contributed by atoms with Gasteiger partial charge in [0.15, 0.2) is 0 Å². The summed E-state index contributed by atoms with van der Waals surface area (Å²) in [5, 5.41) is -0.502. The Morgan fingerprint density at radius 2 is 2.00 bits per heavy atom. The molecule has 1 N–H and O–H groups in total. The third-order valence-corrected chi connectivity index (χ3v) is 4.81. The summed E-state index contributed by atoms with van der Waals surface area (Å²) >= 11 is 3.30. The fourth-order valence-electron chi connectivity index (χ4n) is 1.13. The Morgan fingerprint density at radius 3 is 2.54 bits per heavy atom. The van der Waals surface area contributed by atoms with E-state index in [1.165, 1.54) is 0 Å². The van der Waals surface area contributed by atoms with Crippen LogP contribution in [0.15, 0.2) is 24.3 Å². The second kappa shape index (κ2) is 4.39. The highest BCUT2D eigenvalue weighted by Gasteiger charge is 2.28. The van der Waals surface area contributed by atoms with Crippen LogP contribution in [0.5, 0.6) is 0 Å². The summed E-state index contributed by atoms with van der Waals surface area (Å²) in [6, 6.07) is 0. The average molecular weight is 266 g/mol. The molecular weight excluding hydrogens is 254 g/mol. The summed E-state index contributed by atoms with van der Waals surface area (Å²) in [7, 11) is -3.22. The fraction of sp³-hybridized carbons (Fsp3) is 0.500. The van der Waals surface area contributed by atoms with Crippen molar-refractivity contribution in [3.05, 3.63) is 24.3 Å². The first-order valence-electron chi connectivity index (χ1n) is 4.05. The molecule has 0 amide bonds. The van der Waals surface area contributed by atoms with Gasteiger partial charge in [-0.2, -0.15) is 0 Å². The molecule has 2 atom stereocenters. The Hall–Kier alpha value is -0.130. The highest BCUT2D eigenvalue weighted by atomic mass is 79.9. The van der Waals surface area contributed by atoms with Crippen molar-refractivity contribution in [1.82, 2.24) is 4.72 Å². The Kier molecular flexibility index (Phi) is 3.70. The molecule has 1 aliphatic rings. The molecule has 0 fully saturated rings. The number of halogens is 1. The molecule has 5 heteroatoms. The molecular formula is C8H12BrNO2S. The van der Waals surface area contributed by atoms with Crippen LogP contribution in [0.2, 0.25) is 0 Å². The van der Waals surface area contributed by atoms with Gasteiger partial charge in [-0.05, 0) is 0 Å². The highest BCUT2D eigenvalue weighted by molar-refractivity contribution is 9.09. The largest absolute Gasteiger partial charge is 0.219 e. The van der Waals surface area contributed by atoms with Gasteiger partial charge in [-0.25, -0.2) is 13.1 Å². The zero-order valence-corrected chi connectivity index (χ0v) is 9.68. The van der Waals surface area contributed by atoms with E-state index in [2.05, 4.69) is 20.7 Å². The van der Waals surface area contributed by atoms with Crippen LogP contribution in [0, 0.1) is 0 Å². The molecule has 74 valence electrons. The number of sulfonamides is 1. The summed E-state index contributed by atoms with van der Waals surface area (Å²) in [6.07, 6.45) is 7.08. The first kappa shape index (κ1) is 10.9. The lowest BCUT2D eigenvalue weighted by Gasteiger charge is -2.19. The second-order valence-electron chi connectivity index (χ2n) is 2.72. The minimum absolute atomic E-state index is 0.137. The van der Waals surface area contributed by atoms with Crippen LogP contribution in [0.1, 0.15) is 6.92 Å². The van der Waals surface area contributed by atoms with E-state index < -0.39 is 15.3 Å². The van der Waals surface area contributed by atoms with Crippen LogP contribution in [0.25, 0.3) is 0 Å². The molecule has 1 aliphatic carbocycles. The van der Waals surface area contributed by atoms with E-state index >= 15 is 0 Å². The summed E-state index contributed by atoms with van der Waals surface area (Å²) in [4.78, 5) is -0.137. The van der Waals surface area contributed by atoms with Crippen molar-refractivity contribution in [2.75, 3.05) is 6.54 Å². The molecule has 0 heterocycles. The quantitative estimate of drug-likeness (QED) is 0.780. The zero-order valence-electron chi connectivity index (χ0n) is 7.27. The molecule has 0 saturated heterocycles. The van der Waals surface area contributed by atoms with E-state index in [1.54, 1.807) is 19.1 Å². The molecule has 0 saturated carbocycles. The number of allylic oxidation sites excluding steroid dienone is 3. The number of hydrogen-bond donors (Lipinski definition) is 1. The van der Waals surface area contributed by atoms with Crippen LogP contribution in [0.4, 0.5) is 0 Å². The van der Waals surface area contributed by atoms with E-state index in [0.717, 1.165) is 0 Å². The monoisotopic (exact) mass is 265 g/mol. The van der Waals surface area contributed by atoms with Gasteiger partial charge in [0.05, 0.1) is 4.83 Å². The molecule has 0 aromatic heterocycles. The Bertz CT molecular complexity index is 321. The lowest BCUT2D eigenvalue weighted by Crippen LogP contribution is -2.38. The van der Waals surface area contributed by atoms with Gasteiger partial charge < -0.3 is 0 Å². The third-order valence-electron chi connectivity index (χ3n) is 1.72. The maximum atomic E-state index is 11.6. The molecule has 13 heavy (non-hydrogen) atoms. The van der Waals surface area contributed by atoms with Gasteiger partial charge in [0.25, 0.3) is 0 Å². The predicted octanol–water partition coefficient (Wildman–Crippen LogP) is 1.18. The van der Waals surface area contributed by atoms with Crippen molar-refractivity contribution in [3.63, 3.8) is 0 Å². The molecule has 0 aliphatic heterocycles. The Labute approximate surface area is 87.1 Å². The fourth-order valence-corrected chi connectivity index (χ4v) is 3.66. The summed E-state index contributed by atoms with van der Waals surface area (Å²) in [6.45, 7) is 2.19. The topological polar surface area (TPSA) is 46.2 Å². The van der Waals surface area contributed by atoms with Crippen LogP contribution < -0.4 is 4.72 Å². The van der Waals surface area contributed by atoms with E-state index in [4.69, 9.17) is 0 Å². The summed E-state index contributed by atoms with van der Waals surface area (Å²) < 4.78 is 25.6. The SMILES string of the molecule is CCNS(=O)(=O)C1C=CC=CC1Br. The number of rotatable bonds is 3. The molecule has 2 unspecified atom stereocenters. The van der Waals surface area contributed by atoms with Crippen LogP contribution in [0.3, 0.4) is 0 Å². The van der Waals surface area contributed by atoms with Gasteiger partial charge in [0.1, 0.15) is 5.25 Å². The van der Waals surface area contributed by atoms with Gasteiger partial charge in [-0.3, -0.25) is 0 Å². The first-order valence-corrected chi connectivity index (χ1v) is 6.51. The van der Waals surface area contributed by atoms with Gasteiger partial charge in [-0.15, -0.1) is 0 Å². The molecule has 0 aromatic rings. The minimum Gasteiger partial charge on any atom is -0.215 e. The van der Waals surface area contributed by atoms with Crippen molar-refractivity contribution < 1.29 is 8.42 Å². The van der Waals surface area contributed by atoms with Gasteiger partial charge >= 0.3 is 0 Å². The van der Waals surface area contributed by atoms with Crippen molar-refractivity contribution in [3.8, 4) is 0 Å². The molecule has 3 nitrogen and oxygen atoms in total. The van der Waals surface area contributed by atoms with Gasteiger partial charge in [0.2, 0.25) is 10.0 Å². The van der Waals surface area contributed by atoms with E-state index in [0.29, 0.717) is 6.54 Å². The molecule has 0 spiro atoms. The first-order chi connectivity index (χ1) is 6.08. The number of hydrogen-bond acceptors (Lipinski definition) is 2. The number of alkyl halides is 1. The molecule has 0 radical (unpaired) electrons. The Balaban J connectivity index is 2.83. The normalized spacial score (nSPS) is 27.8. The molecule has 0 bridgehead atoms. The van der Waals surface area contributed by atoms with Crippen LogP contribution in [-0.4, -0.2) is 25.0 Å². The van der Waals surface area contributed by atoms with Gasteiger partial charge in [0, 0.05) is 6.54 Å². The minimum atomic E-state index is -3.22. The number of nitrogens with one attached hydrogen (secondary N) is 1. The maximum Gasteiger partial charge on any atom is 0.219 e. The zero-order chi connectivity index (χ0) is 9.90. The lowest BCUT2D eigenvalue weighted by molar-refractivity contribution is 0.576. The predicted molar refractivity (Wildman–Crippen MR) is 57.4 cm³/mol. The summed E-state index contributed by atoms with van der Waals surface area (Å²) in [5.41, 5.74) is 0. The van der Waals surface area contributed by atoms with E-state index in [1.807, 2.05) is 12.2 Å². The van der Waals surface area contributed by atoms with Crippen molar-refractivity contribution in [2.24, 2.45) is 0 Å². The van der Waals surface area contributed by atoms with E-state index in [9.17, 15) is 8.42 Å². The van der Waals surface area contributed by atoms with Crippen molar-refractivity contribution in [2.45, 2.75) is 17.0 Å². The second-order valence-corrected chi connectivity index (χ2v) is 5.70. The van der Waals surface area contributed by atoms with Crippen LogP contribution >= 0.6 is 15.9 Å². The van der Waals surface area contributed by atoms with Gasteiger partial charge in [-0.1, -0.05) is 47.2 Å². The average Bonchev–Trinajstić information content (AvgIpc) is 2.04.